The van der Waals surface area contributed by atoms with Crippen LogP contribution in [0.25, 0.3) is 0 Å². The molecule has 1 aliphatic rings. The third kappa shape index (κ3) is 4.77. The van der Waals surface area contributed by atoms with Crippen molar-refractivity contribution in [1.29, 1.82) is 0 Å². The SMILES string of the molecule is C=CCNCC(C)N1CCC(Cc2ccccc2)CC1. The molecule has 1 N–H and O–H groups in total. The van der Waals surface area contributed by atoms with Gasteiger partial charge in [-0.15, -0.1) is 6.58 Å². The first-order valence-corrected chi connectivity index (χ1v) is 7.89. The van der Waals surface area contributed by atoms with Gasteiger partial charge in [-0.3, -0.25) is 4.90 Å². The second-order valence-electron chi connectivity index (χ2n) is 5.97. The molecule has 2 heteroatoms. The first-order chi connectivity index (χ1) is 9.79. The summed E-state index contributed by atoms with van der Waals surface area (Å²) in [5.74, 6) is 0.863. The van der Waals surface area contributed by atoms with Crippen molar-refractivity contribution in [3.63, 3.8) is 0 Å². The summed E-state index contributed by atoms with van der Waals surface area (Å²) >= 11 is 0. The first-order valence-electron chi connectivity index (χ1n) is 7.89. The number of likely N-dealkylation sites (tertiary alicyclic amines) is 1. The molecule has 1 heterocycles. The van der Waals surface area contributed by atoms with Gasteiger partial charge in [0.05, 0.1) is 0 Å². The van der Waals surface area contributed by atoms with Gasteiger partial charge in [0.2, 0.25) is 0 Å². The molecule has 2 rings (SSSR count). The second-order valence-corrected chi connectivity index (χ2v) is 5.97. The number of nitrogens with zero attached hydrogens (tertiary/aromatic N) is 1. The maximum Gasteiger partial charge on any atom is 0.0192 e. The molecular formula is C18H28N2. The van der Waals surface area contributed by atoms with Gasteiger partial charge < -0.3 is 5.32 Å². The molecule has 2 nitrogen and oxygen atoms in total. The van der Waals surface area contributed by atoms with Gasteiger partial charge >= 0.3 is 0 Å². The fraction of sp³-hybridized carbons (Fsp3) is 0.556. The highest BCUT2D eigenvalue weighted by Gasteiger charge is 2.22. The summed E-state index contributed by atoms with van der Waals surface area (Å²) in [7, 11) is 0. The summed E-state index contributed by atoms with van der Waals surface area (Å²) in [6.45, 7) is 10.5. The van der Waals surface area contributed by atoms with E-state index in [1.54, 1.807) is 0 Å². The molecule has 1 aliphatic heterocycles. The highest BCUT2D eigenvalue weighted by atomic mass is 15.2. The Labute approximate surface area is 123 Å². The molecule has 1 unspecified atom stereocenters. The van der Waals surface area contributed by atoms with Crippen LogP contribution in [0.4, 0.5) is 0 Å². The van der Waals surface area contributed by atoms with Crippen LogP contribution in [0, 0.1) is 5.92 Å². The predicted octanol–water partition coefficient (Wildman–Crippen LogP) is 3.11. The molecule has 1 aromatic rings. The average Bonchev–Trinajstić information content (AvgIpc) is 2.49. The number of hydrogen-bond acceptors (Lipinski definition) is 2. The normalized spacial score (nSPS) is 18.9. The molecule has 1 aromatic carbocycles. The van der Waals surface area contributed by atoms with Crippen molar-refractivity contribution in [3.8, 4) is 0 Å². The van der Waals surface area contributed by atoms with Gasteiger partial charge in [-0.25, -0.2) is 0 Å². The minimum atomic E-state index is 0.632. The van der Waals surface area contributed by atoms with Crippen LogP contribution in [0.5, 0.6) is 0 Å². The predicted molar refractivity (Wildman–Crippen MR) is 87.0 cm³/mol. The lowest BCUT2D eigenvalue weighted by atomic mass is 9.89. The lowest BCUT2D eigenvalue weighted by molar-refractivity contribution is 0.139. The van der Waals surface area contributed by atoms with E-state index in [0.29, 0.717) is 6.04 Å². The summed E-state index contributed by atoms with van der Waals surface area (Å²) in [6.07, 6.45) is 5.85. The van der Waals surface area contributed by atoms with E-state index in [2.05, 4.69) is 54.1 Å². The summed E-state index contributed by atoms with van der Waals surface area (Å²) in [5, 5.41) is 3.42. The first kappa shape index (κ1) is 15.3. The Morgan fingerprint density at radius 2 is 2.00 bits per heavy atom. The molecule has 1 saturated heterocycles. The molecule has 110 valence electrons. The zero-order valence-electron chi connectivity index (χ0n) is 12.7. The molecule has 0 bridgehead atoms. The Kier molecular flexibility index (Phi) is 6.28. The van der Waals surface area contributed by atoms with E-state index in [4.69, 9.17) is 0 Å². The minimum absolute atomic E-state index is 0.632. The van der Waals surface area contributed by atoms with Crippen molar-refractivity contribution in [1.82, 2.24) is 10.2 Å². The van der Waals surface area contributed by atoms with Crippen molar-refractivity contribution in [2.24, 2.45) is 5.92 Å². The van der Waals surface area contributed by atoms with Crippen molar-refractivity contribution in [2.75, 3.05) is 26.2 Å². The Balaban J connectivity index is 1.70. The molecule has 0 aromatic heterocycles. The number of hydrogen-bond donors (Lipinski definition) is 1. The number of piperidine rings is 1. The number of nitrogens with one attached hydrogen (secondary N) is 1. The maximum atomic E-state index is 3.74. The van der Waals surface area contributed by atoms with Gasteiger partial charge in [0.25, 0.3) is 0 Å². The third-order valence-corrected chi connectivity index (χ3v) is 4.37. The summed E-state index contributed by atoms with van der Waals surface area (Å²) in [4.78, 5) is 2.62. The van der Waals surface area contributed by atoms with Gasteiger partial charge in [0, 0.05) is 19.1 Å². The van der Waals surface area contributed by atoms with Crippen LogP contribution in [0.2, 0.25) is 0 Å². The van der Waals surface area contributed by atoms with Crippen LogP contribution < -0.4 is 5.32 Å². The van der Waals surface area contributed by atoms with Crippen LogP contribution >= 0.6 is 0 Å². The molecule has 0 aliphatic carbocycles. The molecule has 20 heavy (non-hydrogen) atoms. The van der Waals surface area contributed by atoms with Gasteiger partial charge in [-0.2, -0.15) is 0 Å². The van der Waals surface area contributed by atoms with Crippen LogP contribution in [0.1, 0.15) is 25.3 Å². The molecule has 1 fully saturated rings. The zero-order valence-corrected chi connectivity index (χ0v) is 12.7. The third-order valence-electron chi connectivity index (χ3n) is 4.37. The lowest BCUT2D eigenvalue weighted by Gasteiger charge is -2.36. The molecule has 0 amide bonds. The quantitative estimate of drug-likeness (QED) is 0.606. The smallest absolute Gasteiger partial charge is 0.0192 e. The molecular weight excluding hydrogens is 244 g/mol. The largest absolute Gasteiger partial charge is 0.312 e. The molecule has 1 atom stereocenters. The molecule has 0 radical (unpaired) electrons. The van der Waals surface area contributed by atoms with Gasteiger partial charge in [-0.1, -0.05) is 36.4 Å². The lowest BCUT2D eigenvalue weighted by Crippen LogP contribution is -2.45. The average molecular weight is 272 g/mol. The highest BCUT2D eigenvalue weighted by Crippen LogP contribution is 2.22. The standard InChI is InChI=1S/C18H28N2/c1-3-11-19-15-16(2)20-12-9-18(10-13-20)14-17-7-5-4-6-8-17/h3-8,16,18-19H,1,9-15H2,2H3. The summed E-state index contributed by atoms with van der Waals surface area (Å²) in [5.41, 5.74) is 1.49. The fourth-order valence-corrected chi connectivity index (χ4v) is 3.07. The number of rotatable bonds is 7. The monoisotopic (exact) mass is 272 g/mol. The Morgan fingerprint density at radius 1 is 1.30 bits per heavy atom. The fourth-order valence-electron chi connectivity index (χ4n) is 3.07. The van der Waals surface area contributed by atoms with E-state index in [9.17, 15) is 0 Å². The van der Waals surface area contributed by atoms with Crippen LogP contribution in [0.3, 0.4) is 0 Å². The molecule has 0 saturated carbocycles. The maximum absolute atomic E-state index is 3.74. The van der Waals surface area contributed by atoms with Crippen LogP contribution in [-0.4, -0.2) is 37.1 Å². The van der Waals surface area contributed by atoms with E-state index >= 15 is 0 Å². The van der Waals surface area contributed by atoms with Gasteiger partial charge in [0.15, 0.2) is 0 Å². The van der Waals surface area contributed by atoms with Crippen molar-refractivity contribution in [3.05, 3.63) is 48.6 Å². The summed E-state index contributed by atoms with van der Waals surface area (Å²) < 4.78 is 0. The number of benzene rings is 1. The topological polar surface area (TPSA) is 15.3 Å². The van der Waals surface area contributed by atoms with Crippen molar-refractivity contribution < 1.29 is 0 Å². The summed E-state index contributed by atoms with van der Waals surface area (Å²) in [6, 6.07) is 11.6. The van der Waals surface area contributed by atoms with Gasteiger partial charge in [0.1, 0.15) is 0 Å². The minimum Gasteiger partial charge on any atom is -0.312 e. The van der Waals surface area contributed by atoms with Crippen molar-refractivity contribution >= 4 is 0 Å². The van der Waals surface area contributed by atoms with E-state index < -0.39 is 0 Å². The van der Waals surface area contributed by atoms with E-state index in [-0.39, 0.29) is 0 Å². The van der Waals surface area contributed by atoms with Gasteiger partial charge in [-0.05, 0) is 50.8 Å². The second kappa shape index (κ2) is 8.23. The Morgan fingerprint density at radius 3 is 2.65 bits per heavy atom. The van der Waals surface area contributed by atoms with Crippen LogP contribution in [0.15, 0.2) is 43.0 Å². The zero-order chi connectivity index (χ0) is 14.2. The van der Waals surface area contributed by atoms with E-state index in [1.165, 1.54) is 37.9 Å². The van der Waals surface area contributed by atoms with E-state index in [0.717, 1.165) is 19.0 Å². The Hall–Kier alpha value is -1.12. The van der Waals surface area contributed by atoms with Crippen molar-refractivity contribution in [2.45, 2.75) is 32.2 Å². The highest BCUT2D eigenvalue weighted by molar-refractivity contribution is 5.15. The van der Waals surface area contributed by atoms with E-state index in [1.807, 2.05) is 6.08 Å². The van der Waals surface area contributed by atoms with Crippen LogP contribution in [-0.2, 0) is 6.42 Å². The molecule has 0 spiro atoms. The Bertz CT molecular complexity index is 380.